The summed E-state index contributed by atoms with van der Waals surface area (Å²) in [4.78, 5) is 28.7. The zero-order chi connectivity index (χ0) is 18.2. The van der Waals surface area contributed by atoms with Gasteiger partial charge in [0, 0.05) is 32.7 Å². The molecular weight excluding hydrogens is 318 g/mol. The number of carbonyl (C=O) groups is 2. The molecule has 0 saturated carbocycles. The van der Waals surface area contributed by atoms with Crippen molar-refractivity contribution in [2.24, 2.45) is 0 Å². The highest BCUT2D eigenvalue weighted by Gasteiger charge is 2.32. The number of benzene rings is 1. The first-order valence-electron chi connectivity index (χ1n) is 9.01. The lowest BCUT2D eigenvalue weighted by molar-refractivity contribution is -0.139. The summed E-state index contributed by atoms with van der Waals surface area (Å²) in [5, 5.41) is 12.0. The molecule has 2 N–H and O–H groups in total. The fraction of sp³-hybridized carbons (Fsp3) is 0.579. The minimum absolute atomic E-state index is 0.0600. The van der Waals surface area contributed by atoms with Crippen LogP contribution < -0.4 is 5.32 Å². The monoisotopic (exact) mass is 347 g/mol. The van der Waals surface area contributed by atoms with E-state index in [0.29, 0.717) is 26.2 Å². The van der Waals surface area contributed by atoms with E-state index >= 15 is 0 Å². The third kappa shape index (κ3) is 5.28. The molecule has 25 heavy (non-hydrogen) atoms. The summed E-state index contributed by atoms with van der Waals surface area (Å²) in [5.74, 6) is -0.165. The van der Waals surface area contributed by atoms with Crippen LogP contribution in [-0.4, -0.2) is 65.5 Å². The third-order valence-electron chi connectivity index (χ3n) is 4.66. The van der Waals surface area contributed by atoms with Gasteiger partial charge in [-0.2, -0.15) is 0 Å². The molecule has 1 aromatic rings. The van der Waals surface area contributed by atoms with Gasteiger partial charge in [0.05, 0.1) is 19.1 Å². The molecule has 0 spiro atoms. The number of rotatable bonds is 8. The lowest BCUT2D eigenvalue weighted by Gasteiger charge is -2.36. The number of aliphatic hydroxyl groups is 1. The SMILES string of the molecule is CCCN(CCO)C(=O)C[C@@H]1C(=O)NCCN1Cc1ccccc1C. The number of amides is 2. The zero-order valence-electron chi connectivity index (χ0n) is 15.2. The number of hydrogen-bond acceptors (Lipinski definition) is 4. The number of nitrogens with one attached hydrogen (secondary N) is 1. The maximum Gasteiger partial charge on any atom is 0.237 e. The fourth-order valence-electron chi connectivity index (χ4n) is 3.23. The highest BCUT2D eigenvalue weighted by molar-refractivity contribution is 5.88. The highest BCUT2D eigenvalue weighted by Crippen LogP contribution is 2.17. The van der Waals surface area contributed by atoms with Crippen LogP contribution in [0.15, 0.2) is 24.3 Å². The van der Waals surface area contributed by atoms with E-state index in [9.17, 15) is 9.59 Å². The smallest absolute Gasteiger partial charge is 0.237 e. The number of hydrogen-bond donors (Lipinski definition) is 2. The summed E-state index contributed by atoms with van der Waals surface area (Å²) < 4.78 is 0. The van der Waals surface area contributed by atoms with Crippen molar-refractivity contribution in [1.82, 2.24) is 15.1 Å². The number of aryl methyl sites for hydroxylation is 1. The molecule has 2 rings (SSSR count). The molecular formula is C19H29N3O3. The van der Waals surface area contributed by atoms with Gasteiger partial charge in [0.2, 0.25) is 11.8 Å². The molecule has 1 fully saturated rings. The van der Waals surface area contributed by atoms with Crippen molar-refractivity contribution in [3.63, 3.8) is 0 Å². The summed E-state index contributed by atoms with van der Waals surface area (Å²) in [7, 11) is 0. The Morgan fingerprint density at radius 3 is 2.80 bits per heavy atom. The molecule has 6 heteroatoms. The van der Waals surface area contributed by atoms with Crippen LogP contribution in [0.1, 0.15) is 30.9 Å². The zero-order valence-corrected chi connectivity index (χ0v) is 15.2. The second-order valence-corrected chi connectivity index (χ2v) is 6.51. The summed E-state index contributed by atoms with van der Waals surface area (Å²) in [6.45, 7) is 6.90. The largest absolute Gasteiger partial charge is 0.395 e. The number of aliphatic hydroxyl groups excluding tert-OH is 1. The van der Waals surface area contributed by atoms with E-state index < -0.39 is 6.04 Å². The first kappa shape index (κ1) is 19.4. The van der Waals surface area contributed by atoms with E-state index in [0.717, 1.165) is 13.0 Å². The van der Waals surface area contributed by atoms with Gasteiger partial charge < -0.3 is 15.3 Å². The van der Waals surface area contributed by atoms with Crippen molar-refractivity contribution in [1.29, 1.82) is 0 Å². The molecule has 1 aromatic carbocycles. The van der Waals surface area contributed by atoms with E-state index in [1.165, 1.54) is 11.1 Å². The van der Waals surface area contributed by atoms with Crippen LogP contribution in [0.4, 0.5) is 0 Å². The van der Waals surface area contributed by atoms with Gasteiger partial charge >= 0.3 is 0 Å². The molecule has 0 unspecified atom stereocenters. The van der Waals surface area contributed by atoms with Crippen molar-refractivity contribution in [3.05, 3.63) is 35.4 Å². The van der Waals surface area contributed by atoms with E-state index in [1.54, 1.807) is 4.90 Å². The van der Waals surface area contributed by atoms with Crippen molar-refractivity contribution in [3.8, 4) is 0 Å². The van der Waals surface area contributed by atoms with Gasteiger partial charge in [0.25, 0.3) is 0 Å². The van der Waals surface area contributed by atoms with Crippen LogP contribution in [0.2, 0.25) is 0 Å². The lowest BCUT2D eigenvalue weighted by atomic mass is 10.0. The van der Waals surface area contributed by atoms with Gasteiger partial charge in [0.15, 0.2) is 0 Å². The molecule has 2 amide bonds. The van der Waals surface area contributed by atoms with Crippen molar-refractivity contribution in [2.45, 2.75) is 39.3 Å². The summed E-state index contributed by atoms with van der Waals surface area (Å²) >= 11 is 0. The lowest BCUT2D eigenvalue weighted by Crippen LogP contribution is -2.56. The Morgan fingerprint density at radius 2 is 2.12 bits per heavy atom. The maximum atomic E-state index is 12.6. The molecule has 1 heterocycles. The fourth-order valence-corrected chi connectivity index (χ4v) is 3.23. The molecule has 0 aliphatic carbocycles. The van der Waals surface area contributed by atoms with Crippen LogP contribution in [-0.2, 0) is 16.1 Å². The van der Waals surface area contributed by atoms with Crippen LogP contribution in [0.5, 0.6) is 0 Å². The van der Waals surface area contributed by atoms with Gasteiger partial charge in [-0.05, 0) is 24.5 Å². The molecule has 1 saturated heterocycles. The van der Waals surface area contributed by atoms with Crippen molar-refractivity contribution in [2.75, 3.05) is 32.8 Å². The van der Waals surface area contributed by atoms with Gasteiger partial charge in [-0.15, -0.1) is 0 Å². The van der Waals surface area contributed by atoms with E-state index in [4.69, 9.17) is 5.11 Å². The van der Waals surface area contributed by atoms with Gasteiger partial charge in [-0.3, -0.25) is 14.5 Å². The molecule has 0 aromatic heterocycles. The van der Waals surface area contributed by atoms with Crippen LogP contribution in [0.25, 0.3) is 0 Å². The normalized spacial score (nSPS) is 18.0. The Bertz CT molecular complexity index is 585. The standard InChI is InChI=1S/C19H29N3O3/c1-3-9-21(11-12-23)18(24)13-17-19(25)20-8-10-22(17)14-16-7-5-4-6-15(16)2/h4-7,17,23H,3,8-14H2,1-2H3,(H,20,25)/t17-/m1/s1. The summed E-state index contributed by atoms with van der Waals surface area (Å²) in [6.07, 6.45) is 0.979. The predicted molar refractivity (Wildman–Crippen MR) is 97.0 cm³/mol. The maximum absolute atomic E-state index is 12.6. The summed E-state index contributed by atoms with van der Waals surface area (Å²) in [5.41, 5.74) is 2.36. The molecule has 0 radical (unpaired) electrons. The van der Waals surface area contributed by atoms with E-state index in [1.807, 2.05) is 19.1 Å². The van der Waals surface area contributed by atoms with E-state index in [-0.39, 0.29) is 24.8 Å². The Labute approximate surface area is 149 Å². The second kappa shape index (κ2) is 9.53. The Hall–Kier alpha value is -1.92. The number of nitrogens with zero attached hydrogens (tertiary/aromatic N) is 2. The molecule has 6 nitrogen and oxygen atoms in total. The van der Waals surface area contributed by atoms with Crippen molar-refractivity contribution >= 4 is 11.8 Å². The number of piperazine rings is 1. The third-order valence-corrected chi connectivity index (χ3v) is 4.66. The molecule has 138 valence electrons. The van der Waals surface area contributed by atoms with Gasteiger partial charge in [-0.25, -0.2) is 0 Å². The first-order valence-corrected chi connectivity index (χ1v) is 9.01. The number of carbonyl (C=O) groups excluding carboxylic acids is 2. The first-order chi connectivity index (χ1) is 12.1. The molecule has 0 bridgehead atoms. The van der Waals surface area contributed by atoms with E-state index in [2.05, 4.69) is 29.3 Å². The molecule has 1 atom stereocenters. The Morgan fingerprint density at radius 1 is 1.36 bits per heavy atom. The van der Waals surface area contributed by atoms with Crippen molar-refractivity contribution < 1.29 is 14.7 Å². The second-order valence-electron chi connectivity index (χ2n) is 6.51. The predicted octanol–water partition coefficient (Wildman–Crippen LogP) is 0.916. The molecule has 1 aliphatic heterocycles. The van der Waals surface area contributed by atoms with Gasteiger partial charge in [-0.1, -0.05) is 31.2 Å². The molecule has 1 aliphatic rings. The topological polar surface area (TPSA) is 72.9 Å². The summed E-state index contributed by atoms with van der Waals surface area (Å²) in [6, 6.07) is 7.66. The Kier molecular flexibility index (Phi) is 7.40. The minimum atomic E-state index is -0.459. The van der Waals surface area contributed by atoms with Gasteiger partial charge in [0.1, 0.15) is 0 Å². The average molecular weight is 347 g/mol. The highest BCUT2D eigenvalue weighted by atomic mass is 16.3. The van der Waals surface area contributed by atoms with Crippen LogP contribution in [0.3, 0.4) is 0 Å². The minimum Gasteiger partial charge on any atom is -0.395 e. The quantitative estimate of drug-likeness (QED) is 0.733. The Balaban J connectivity index is 2.09. The van der Waals surface area contributed by atoms with Crippen LogP contribution >= 0.6 is 0 Å². The van der Waals surface area contributed by atoms with Crippen LogP contribution in [0, 0.1) is 6.92 Å². The average Bonchev–Trinajstić information content (AvgIpc) is 2.59.